The molecule has 4 rings (SSSR count). The Morgan fingerprint density at radius 1 is 0.387 bits per heavy atom. The minimum Gasteiger partial charge on any atom is -0.122 e. The van der Waals surface area contributed by atoms with Crippen LogP contribution in [0, 0.1) is 0 Å². The van der Waals surface area contributed by atoms with E-state index in [1.165, 1.54) is 11.1 Å². The van der Waals surface area contributed by atoms with Crippen molar-refractivity contribution in [3.05, 3.63) is 140 Å². The summed E-state index contributed by atoms with van der Waals surface area (Å²) in [6.07, 6.45) is 0.911. The number of alkyl halides is 1. The van der Waals surface area contributed by atoms with Crippen molar-refractivity contribution >= 4 is 58.0 Å². The third kappa shape index (κ3) is 11.0. The van der Waals surface area contributed by atoms with Crippen molar-refractivity contribution in [2.75, 3.05) is 0 Å². The molecule has 4 aromatic rings. The highest BCUT2D eigenvalue weighted by Gasteiger charge is 1.96. The van der Waals surface area contributed by atoms with Gasteiger partial charge in [-0.2, -0.15) is 0 Å². The average molecular weight is 511 g/mol. The van der Waals surface area contributed by atoms with Crippen molar-refractivity contribution in [2.45, 2.75) is 12.3 Å². The maximum Gasteiger partial charge on any atom is 0.0474 e. The van der Waals surface area contributed by atoms with E-state index < -0.39 is 0 Å². The van der Waals surface area contributed by atoms with Crippen molar-refractivity contribution in [1.82, 2.24) is 0 Å². The highest BCUT2D eigenvalue weighted by atomic mass is 35.5. The van der Waals surface area contributed by atoms with Crippen molar-refractivity contribution in [3.63, 3.8) is 0 Å². The van der Waals surface area contributed by atoms with Crippen LogP contribution in [0.3, 0.4) is 0 Å². The summed E-state index contributed by atoms with van der Waals surface area (Å²) >= 11 is 28.3. The second-order valence-corrected chi connectivity index (χ2v) is 8.50. The lowest BCUT2D eigenvalue weighted by Gasteiger charge is -2.02. The van der Waals surface area contributed by atoms with E-state index in [1.54, 1.807) is 0 Å². The van der Waals surface area contributed by atoms with Crippen molar-refractivity contribution < 1.29 is 0 Å². The van der Waals surface area contributed by atoms with Crippen LogP contribution in [-0.4, -0.2) is 0 Å². The Labute approximate surface area is 209 Å². The molecule has 0 aliphatic heterocycles. The zero-order chi connectivity index (χ0) is 22.5. The van der Waals surface area contributed by atoms with E-state index in [4.69, 9.17) is 58.0 Å². The summed E-state index contributed by atoms with van der Waals surface area (Å²) in [5.41, 5.74) is 3.60. The fourth-order valence-corrected chi connectivity index (χ4v) is 3.13. The number of rotatable bonds is 3. The van der Waals surface area contributed by atoms with Crippen LogP contribution < -0.4 is 0 Å². The van der Waals surface area contributed by atoms with Crippen LogP contribution in [0.5, 0.6) is 0 Å². The van der Waals surface area contributed by atoms with Gasteiger partial charge in [0.05, 0.1) is 0 Å². The standard InChI is InChI=1S/C13H10Cl2.C7H6Cl2.C6H5Cl/c14-12-5-1-10(2-6-12)9-11-3-7-13(15)8-4-11;8-5-6-1-3-7(9)4-2-6;7-6-4-2-1-3-5-6/h1-8H,9H2;1-4H,5H2;1-5H. The summed E-state index contributed by atoms with van der Waals surface area (Å²) in [7, 11) is 0. The summed E-state index contributed by atoms with van der Waals surface area (Å²) in [4.78, 5) is 0. The third-order valence-corrected chi connectivity index (χ3v) is 5.35. The van der Waals surface area contributed by atoms with Gasteiger partial charge in [-0.3, -0.25) is 0 Å². The lowest BCUT2D eigenvalue weighted by Crippen LogP contribution is -1.86. The molecule has 0 saturated heterocycles. The summed E-state index contributed by atoms with van der Waals surface area (Å²) in [5, 5.41) is 3.09. The molecule has 0 unspecified atom stereocenters. The molecular weight excluding hydrogens is 490 g/mol. The first-order chi connectivity index (χ1) is 15.0. The molecule has 0 aliphatic rings. The summed E-state index contributed by atoms with van der Waals surface area (Å²) in [6.45, 7) is 0. The number of benzene rings is 4. The minimum absolute atomic E-state index is 0.553. The highest BCUT2D eigenvalue weighted by molar-refractivity contribution is 6.31. The Kier molecular flexibility index (Phi) is 11.9. The zero-order valence-corrected chi connectivity index (χ0v) is 20.4. The van der Waals surface area contributed by atoms with Crippen molar-refractivity contribution in [1.29, 1.82) is 0 Å². The average Bonchev–Trinajstić information content (AvgIpc) is 2.79. The molecule has 0 saturated carbocycles. The molecule has 5 heteroatoms. The zero-order valence-electron chi connectivity index (χ0n) is 16.6. The largest absolute Gasteiger partial charge is 0.122 e. The van der Waals surface area contributed by atoms with Crippen LogP contribution in [0.4, 0.5) is 0 Å². The predicted octanol–water partition coefficient (Wildman–Crippen LogP) is 10.0. The lowest BCUT2D eigenvalue weighted by atomic mass is 10.1. The van der Waals surface area contributed by atoms with Crippen molar-refractivity contribution in [3.8, 4) is 0 Å². The van der Waals surface area contributed by atoms with Crippen LogP contribution >= 0.6 is 58.0 Å². The smallest absolute Gasteiger partial charge is 0.0474 e. The molecule has 0 aliphatic carbocycles. The molecule has 0 heterocycles. The van der Waals surface area contributed by atoms with Gasteiger partial charge in [-0.15, -0.1) is 11.6 Å². The molecule has 0 amide bonds. The SMILES string of the molecule is ClCc1ccc(Cl)cc1.Clc1ccc(Cc2ccc(Cl)cc2)cc1.Clc1ccccc1. The summed E-state index contributed by atoms with van der Waals surface area (Å²) in [5.74, 6) is 0.553. The van der Waals surface area contributed by atoms with Gasteiger partial charge in [-0.25, -0.2) is 0 Å². The Balaban J connectivity index is 0.000000181. The van der Waals surface area contributed by atoms with Gasteiger partial charge in [-0.1, -0.05) is 101 Å². The van der Waals surface area contributed by atoms with E-state index in [0.717, 1.165) is 32.1 Å². The monoisotopic (exact) mass is 508 g/mol. The quantitative estimate of drug-likeness (QED) is 0.241. The molecule has 0 fully saturated rings. The van der Waals surface area contributed by atoms with Crippen LogP contribution in [0.15, 0.2) is 103 Å². The third-order valence-electron chi connectivity index (χ3n) is 4.04. The van der Waals surface area contributed by atoms with Gasteiger partial charge in [0, 0.05) is 26.0 Å². The molecule has 0 bridgehead atoms. The van der Waals surface area contributed by atoms with E-state index in [2.05, 4.69) is 0 Å². The molecule has 31 heavy (non-hydrogen) atoms. The van der Waals surface area contributed by atoms with Crippen LogP contribution in [0.2, 0.25) is 20.1 Å². The molecular formula is C26H21Cl5. The number of hydrogen-bond acceptors (Lipinski definition) is 0. The van der Waals surface area contributed by atoms with Gasteiger partial charge in [-0.05, 0) is 71.6 Å². The van der Waals surface area contributed by atoms with Crippen LogP contribution in [0.25, 0.3) is 0 Å². The van der Waals surface area contributed by atoms with E-state index >= 15 is 0 Å². The second kappa shape index (κ2) is 14.4. The highest BCUT2D eigenvalue weighted by Crippen LogP contribution is 2.15. The van der Waals surface area contributed by atoms with Gasteiger partial charge >= 0.3 is 0 Å². The molecule has 0 atom stereocenters. The van der Waals surface area contributed by atoms with E-state index in [1.807, 2.05) is 103 Å². The number of hydrogen-bond donors (Lipinski definition) is 0. The topological polar surface area (TPSA) is 0 Å². The predicted molar refractivity (Wildman–Crippen MR) is 138 cm³/mol. The van der Waals surface area contributed by atoms with Gasteiger partial charge in [0.15, 0.2) is 0 Å². The molecule has 0 spiro atoms. The molecule has 0 radical (unpaired) electrons. The van der Waals surface area contributed by atoms with Gasteiger partial charge in [0.1, 0.15) is 0 Å². The molecule has 160 valence electrons. The second-order valence-electron chi connectivity index (χ2n) is 6.49. The van der Waals surface area contributed by atoms with Gasteiger partial charge in [0.2, 0.25) is 0 Å². The first-order valence-electron chi connectivity index (χ1n) is 9.46. The summed E-state index contributed by atoms with van der Waals surface area (Å²) < 4.78 is 0. The first kappa shape index (κ1) is 25.6. The van der Waals surface area contributed by atoms with Gasteiger partial charge < -0.3 is 0 Å². The lowest BCUT2D eigenvalue weighted by molar-refractivity contribution is 1.19. The molecule has 0 aromatic heterocycles. The molecule has 0 N–H and O–H groups in total. The van der Waals surface area contributed by atoms with E-state index in [9.17, 15) is 0 Å². The van der Waals surface area contributed by atoms with E-state index in [-0.39, 0.29) is 0 Å². The normalized spacial score (nSPS) is 9.71. The first-order valence-corrected chi connectivity index (χ1v) is 11.5. The molecule has 4 aromatic carbocycles. The Morgan fingerprint density at radius 2 is 0.710 bits per heavy atom. The fraction of sp³-hybridized carbons (Fsp3) is 0.0769. The van der Waals surface area contributed by atoms with Crippen LogP contribution in [-0.2, 0) is 12.3 Å². The Bertz CT molecular complexity index is 953. The minimum atomic E-state index is 0.553. The number of halogens is 5. The van der Waals surface area contributed by atoms with Gasteiger partial charge in [0.25, 0.3) is 0 Å². The Morgan fingerprint density at radius 3 is 1.00 bits per heavy atom. The van der Waals surface area contributed by atoms with E-state index in [0.29, 0.717) is 5.88 Å². The van der Waals surface area contributed by atoms with Crippen molar-refractivity contribution in [2.24, 2.45) is 0 Å². The maximum atomic E-state index is 5.82. The molecule has 0 nitrogen and oxygen atoms in total. The Hall–Kier alpha value is -1.67. The maximum absolute atomic E-state index is 5.82. The fourth-order valence-electron chi connectivity index (χ4n) is 2.43. The van der Waals surface area contributed by atoms with Crippen LogP contribution in [0.1, 0.15) is 16.7 Å². The summed E-state index contributed by atoms with van der Waals surface area (Å²) in [6, 6.07) is 32.7.